The van der Waals surface area contributed by atoms with Crippen LogP contribution in [0, 0.1) is 6.92 Å². The molecule has 0 radical (unpaired) electrons. The van der Waals surface area contributed by atoms with Crippen LogP contribution >= 0.6 is 23.8 Å². The van der Waals surface area contributed by atoms with Gasteiger partial charge in [0.2, 0.25) is 0 Å². The third-order valence-corrected chi connectivity index (χ3v) is 5.31. The quantitative estimate of drug-likeness (QED) is 0.351. The number of rotatable bonds is 6. The van der Waals surface area contributed by atoms with Gasteiger partial charge in [-0.1, -0.05) is 17.7 Å². The molecule has 1 aliphatic heterocycles. The largest absolute Gasteiger partial charge is 0.487 e. The van der Waals surface area contributed by atoms with Gasteiger partial charge in [-0.2, -0.15) is 5.10 Å². The van der Waals surface area contributed by atoms with Crippen molar-refractivity contribution in [3.05, 3.63) is 52.5 Å². The van der Waals surface area contributed by atoms with Crippen LogP contribution in [0.15, 0.2) is 41.5 Å². The van der Waals surface area contributed by atoms with Crippen LogP contribution in [0.1, 0.15) is 38.3 Å². The maximum Gasteiger partial charge on any atom is 0.344 e. The molecule has 3 rings (SSSR count). The third kappa shape index (κ3) is 6.11. The van der Waals surface area contributed by atoms with Crippen molar-refractivity contribution in [1.29, 1.82) is 0 Å². The number of carbonyl (C=O) groups is 1. The molecule has 0 atom stereocenters. The Balaban J connectivity index is 1.77. The second-order valence-corrected chi connectivity index (χ2v) is 8.64. The molecule has 2 aromatic rings. The van der Waals surface area contributed by atoms with Crippen LogP contribution in [-0.4, -0.2) is 35.6 Å². The maximum absolute atomic E-state index is 11.6. The number of esters is 1. The number of benzene rings is 2. The van der Waals surface area contributed by atoms with Gasteiger partial charge in [0.25, 0.3) is 0 Å². The van der Waals surface area contributed by atoms with Crippen molar-refractivity contribution in [2.45, 2.75) is 39.7 Å². The van der Waals surface area contributed by atoms with Crippen LogP contribution in [0.2, 0.25) is 5.02 Å². The molecule has 1 aliphatic rings. The van der Waals surface area contributed by atoms with Crippen molar-refractivity contribution in [3.8, 4) is 11.5 Å². The monoisotopic (exact) mass is 475 g/mol. The first-order valence-electron chi connectivity index (χ1n) is 10.2. The zero-order valence-electron chi connectivity index (χ0n) is 18.5. The number of ether oxygens (including phenoxy) is 3. The highest BCUT2D eigenvalue weighted by Crippen LogP contribution is 2.35. The molecule has 2 aromatic carbocycles. The Kier molecular flexibility index (Phi) is 7.58. The fourth-order valence-corrected chi connectivity index (χ4v) is 3.53. The molecule has 32 heavy (non-hydrogen) atoms. The molecular formula is C23H26ClN3O4S. The molecule has 170 valence electrons. The zero-order valence-corrected chi connectivity index (χ0v) is 20.0. The van der Waals surface area contributed by atoms with Gasteiger partial charge in [0, 0.05) is 22.7 Å². The fraction of sp³-hybridized carbons (Fsp3) is 0.348. The molecule has 0 amide bonds. The third-order valence-electron chi connectivity index (χ3n) is 4.71. The van der Waals surface area contributed by atoms with E-state index in [9.17, 15) is 4.79 Å². The predicted molar refractivity (Wildman–Crippen MR) is 130 cm³/mol. The van der Waals surface area contributed by atoms with E-state index in [0.29, 0.717) is 34.7 Å². The van der Waals surface area contributed by atoms with Crippen molar-refractivity contribution in [1.82, 2.24) is 5.43 Å². The number of nitrogens with one attached hydrogen (secondary N) is 2. The zero-order chi connectivity index (χ0) is 23.3. The first-order valence-corrected chi connectivity index (χ1v) is 11.0. The Hall–Kier alpha value is -2.84. The van der Waals surface area contributed by atoms with Crippen molar-refractivity contribution < 1.29 is 19.0 Å². The van der Waals surface area contributed by atoms with E-state index in [4.69, 9.17) is 38.0 Å². The molecule has 0 saturated heterocycles. The summed E-state index contributed by atoms with van der Waals surface area (Å²) in [6.45, 7) is 7.77. The maximum atomic E-state index is 11.6. The molecule has 0 aromatic heterocycles. The molecule has 0 bridgehead atoms. The fourth-order valence-electron chi connectivity index (χ4n) is 3.20. The summed E-state index contributed by atoms with van der Waals surface area (Å²) in [6.07, 6.45) is 0.549. The lowest BCUT2D eigenvalue weighted by molar-refractivity contribution is -0.145. The van der Waals surface area contributed by atoms with Crippen molar-refractivity contribution >= 4 is 46.3 Å². The lowest BCUT2D eigenvalue weighted by atomic mass is 9.92. The molecule has 9 heteroatoms. The standard InChI is InChI=1S/C23H26ClN3O4S/c1-5-29-21(28)13-30-15-9-10-20-16(11-15)19(12-23(3,4)31-20)26-27-22(32)25-18-8-6-7-17(24)14(18)2/h6-11H,5,12-13H2,1-4H3,(H2,25,27,32)/b26-19-. The minimum atomic E-state index is -0.445. The smallest absolute Gasteiger partial charge is 0.344 e. The molecule has 0 aliphatic carbocycles. The predicted octanol–water partition coefficient (Wildman–Crippen LogP) is 4.84. The molecular weight excluding hydrogens is 450 g/mol. The highest BCUT2D eigenvalue weighted by molar-refractivity contribution is 7.80. The van der Waals surface area contributed by atoms with E-state index in [2.05, 4.69) is 15.8 Å². The van der Waals surface area contributed by atoms with Crippen LogP contribution in [-0.2, 0) is 9.53 Å². The Morgan fingerprint density at radius 1 is 1.31 bits per heavy atom. The number of hydrogen-bond acceptors (Lipinski definition) is 6. The molecule has 0 fully saturated rings. The van der Waals surface area contributed by atoms with Gasteiger partial charge in [-0.05, 0) is 75.8 Å². The van der Waals surface area contributed by atoms with E-state index in [0.717, 1.165) is 22.5 Å². The van der Waals surface area contributed by atoms with Gasteiger partial charge in [-0.3, -0.25) is 5.43 Å². The van der Waals surface area contributed by atoms with Crippen LogP contribution in [0.3, 0.4) is 0 Å². The van der Waals surface area contributed by atoms with E-state index in [1.54, 1.807) is 25.1 Å². The van der Waals surface area contributed by atoms with Crippen molar-refractivity contribution in [2.24, 2.45) is 5.10 Å². The summed E-state index contributed by atoms with van der Waals surface area (Å²) in [5.41, 5.74) is 5.68. The summed E-state index contributed by atoms with van der Waals surface area (Å²) < 4.78 is 16.5. The number of nitrogens with zero attached hydrogens (tertiary/aromatic N) is 1. The summed E-state index contributed by atoms with van der Waals surface area (Å²) in [5, 5.41) is 8.64. The van der Waals surface area contributed by atoms with Gasteiger partial charge in [0.05, 0.1) is 12.3 Å². The van der Waals surface area contributed by atoms with Gasteiger partial charge in [-0.25, -0.2) is 4.79 Å². The Bertz CT molecular complexity index is 1060. The summed E-state index contributed by atoms with van der Waals surface area (Å²) in [5.74, 6) is 0.767. The molecule has 7 nitrogen and oxygen atoms in total. The number of hydrogen-bond donors (Lipinski definition) is 2. The van der Waals surface area contributed by atoms with E-state index in [1.807, 2.05) is 39.0 Å². The molecule has 0 unspecified atom stereocenters. The second-order valence-electron chi connectivity index (χ2n) is 7.83. The molecule has 2 N–H and O–H groups in total. The van der Waals surface area contributed by atoms with Crippen LogP contribution < -0.4 is 20.2 Å². The summed E-state index contributed by atoms with van der Waals surface area (Å²) in [7, 11) is 0. The van der Waals surface area contributed by atoms with E-state index < -0.39 is 11.6 Å². The number of anilines is 1. The molecule has 0 spiro atoms. The van der Waals surface area contributed by atoms with E-state index in [1.165, 1.54) is 0 Å². The Labute approximate surface area is 198 Å². The molecule has 1 heterocycles. The van der Waals surface area contributed by atoms with Gasteiger partial charge in [0.15, 0.2) is 11.7 Å². The summed E-state index contributed by atoms with van der Waals surface area (Å²) in [6, 6.07) is 10.9. The lowest BCUT2D eigenvalue weighted by Crippen LogP contribution is -2.37. The second kappa shape index (κ2) is 10.2. The van der Waals surface area contributed by atoms with Gasteiger partial charge in [-0.15, -0.1) is 0 Å². The van der Waals surface area contributed by atoms with Gasteiger partial charge < -0.3 is 19.5 Å². The van der Waals surface area contributed by atoms with Gasteiger partial charge >= 0.3 is 5.97 Å². The van der Waals surface area contributed by atoms with Crippen LogP contribution in [0.5, 0.6) is 11.5 Å². The highest BCUT2D eigenvalue weighted by atomic mass is 35.5. The number of halogens is 1. The summed E-state index contributed by atoms with van der Waals surface area (Å²) >= 11 is 11.6. The number of thiocarbonyl (C=S) groups is 1. The normalized spacial score (nSPS) is 15.3. The number of fused-ring (bicyclic) bond motifs is 1. The first-order chi connectivity index (χ1) is 15.2. The van der Waals surface area contributed by atoms with Crippen LogP contribution in [0.4, 0.5) is 5.69 Å². The van der Waals surface area contributed by atoms with Crippen molar-refractivity contribution in [3.63, 3.8) is 0 Å². The van der Waals surface area contributed by atoms with Crippen molar-refractivity contribution in [2.75, 3.05) is 18.5 Å². The van der Waals surface area contributed by atoms with E-state index in [-0.39, 0.29) is 6.61 Å². The average molecular weight is 476 g/mol. The number of carbonyl (C=O) groups excluding carboxylic acids is 1. The average Bonchev–Trinajstić information content (AvgIpc) is 2.73. The SMILES string of the molecule is CCOC(=O)COc1ccc2c(c1)/C(=N\NC(=S)Nc1cccc(Cl)c1C)CC(C)(C)O2. The Morgan fingerprint density at radius 3 is 2.84 bits per heavy atom. The minimum absolute atomic E-state index is 0.170. The van der Waals surface area contributed by atoms with Crippen LogP contribution in [0.25, 0.3) is 0 Å². The Morgan fingerprint density at radius 2 is 2.09 bits per heavy atom. The first kappa shape index (κ1) is 23.8. The number of hydrazone groups is 1. The molecule has 0 saturated carbocycles. The topological polar surface area (TPSA) is 81.2 Å². The van der Waals surface area contributed by atoms with Gasteiger partial charge in [0.1, 0.15) is 17.1 Å². The lowest BCUT2D eigenvalue weighted by Gasteiger charge is -2.33. The van der Waals surface area contributed by atoms with E-state index >= 15 is 0 Å². The highest BCUT2D eigenvalue weighted by Gasteiger charge is 2.31. The minimum Gasteiger partial charge on any atom is -0.487 e. The summed E-state index contributed by atoms with van der Waals surface area (Å²) in [4.78, 5) is 11.6.